The van der Waals surface area contributed by atoms with Gasteiger partial charge >= 0.3 is 0 Å². The van der Waals surface area contributed by atoms with Crippen molar-refractivity contribution in [1.29, 1.82) is 0 Å². The van der Waals surface area contributed by atoms with Gasteiger partial charge in [-0.25, -0.2) is 9.37 Å². The van der Waals surface area contributed by atoms with Gasteiger partial charge in [-0.2, -0.15) is 9.50 Å². The highest BCUT2D eigenvalue weighted by atomic mass is 19.1. The number of aryl methyl sites for hydroxylation is 1. The van der Waals surface area contributed by atoms with E-state index in [1.165, 1.54) is 12.1 Å². The van der Waals surface area contributed by atoms with E-state index >= 15 is 0 Å². The van der Waals surface area contributed by atoms with Gasteiger partial charge in [0.1, 0.15) is 11.6 Å². The Hall–Kier alpha value is -3.28. The minimum absolute atomic E-state index is 0.277. The molecule has 0 spiro atoms. The van der Waals surface area contributed by atoms with Gasteiger partial charge in [0.15, 0.2) is 5.82 Å². The zero-order valence-electron chi connectivity index (χ0n) is 14.0. The van der Waals surface area contributed by atoms with Crippen molar-refractivity contribution in [2.75, 3.05) is 5.32 Å². The summed E-state index contributed by atoms with van der Waals surface area (Å²) in [5, 5.41) is 8.00. The second kappa shape index (κ2) is 5.91. The van der Waals surface area contributed by atoms with Crippen LogP contribution in [0.1, 0.15) is 17.7 Å². The molecule has 6 heteroatoms. The van der Waals surface area contributed by atoms with Crippen LogP contribution in [0.3, 0.4) is 0 Å². The van der Waals surface area contributed by atoms with E-state index in [0.717, 1.165) is 41.9 Å². The first kappa shape index (κ1) is 15.0. The van der Waals surface area contributed by atoms with Crippen LogP contribution in [0.25, 0.3) is 17.2 Å². The molecule has 0 saturated heterocycles. The highest BCUT2D eigenvalue weighted by Crippen LogP contribution is 2.31. The fraction of sp³-hybridized carbons (Fsp3) is 0.150. The number of nitrogens with one attached hydrogen (secondary N) is 1. The van der Waals surface area contributed by atoms with Gasteiger partial charge in [-0.15, -0.1) is 5.10 Å². The number of benzene rings is 2. The summed E-state index contributed by atoms with van der Waals surface area (Å²) in [5.41, 5.74) is 3.80. The van der Waals surface area contributed by atoms with E-state index in [9.17, 15) is 4.39 Å². The first-order valence-corrected chi connectivity index (χ1v) is 8.64. The minimum Gasteiger partial charge on any atom is -0.340 e. The van der Waals surface area contributed by atoms with Crippen molar-refractivity contribution in [3.8, 4) is 11.4 Å². The fourth-order valence-electron chi connectivity index (χ4n) is 3.42. The smallest absolute Gasteiger partial charge is 0.254 e. The lowest BCUT2D eigenvalue weighted by molar-refractivity contribution is 0.628. The molecule has 1 N–H and O–H groups in total. The van der Waals surface area contributed by atoms with Gasteiger partial charge in [-0.3, -0.25) is 0 Å². The fourth-order valence-corrected chi connectivity index (χ4v) is 3.42. The van der Waals surface area contributed by atoms with E-state index in [0.29, 0.717) is 17.3 Å². The monoisotopic (exact) mass is 345 g/mol. The standard InChI is InChI=1S/C20H16FN5/c21-14-8-4-9-15(12-14)22-19-16-10-5-11-17(16)23-20-24-18(25-26(19)20)13-6-2-1-3-7-13/h1-4,6-9,12,22H,5,10-11H2. The molecule has 128 valence electrons. The number of hydrogen-bond acceptors (Lipinski definition) is 4. The summed E-state index contributed by atoms with van der Waals surface area (Å²) in [6.07, 6.45) is 2.91. The van der Waals surface area contributed by atoms with Crippen molar-refractivity contribution in [3.05, 3.63) is 71.7 Å². The SMILES string of the molecule is Fc1cccc(Nc2c3c(nc4nc(-c5ccccc5)nn24)CCC3)c1. The van der Waals surface area contributed by atoms with Crippen LogP contribution in [-0.4, -0.2) is 19.6 Å². The molecule has 5 nitrogen and oxygen atoms in total. The molecule has 0 amide bonds. The Bertz CT molecular complexity index is 1100. The van der Waals surface area contributed by atoms with Gasteiger partial charge in [0, 0.05) is 16.8 Å². The lowest BCUT2D eigenvalue weighted by Gasteiger charge is -2.12. The molecule has 2 aromatic heterocycles. The Kier molecular flexibility index (Phi) is 3.41. The molecule has 1 aliphatic carbocycles. The highest BCUT2D eigenvalue weighted by Gasteiger charge is 2.22. The average Bonchev–Trinajstić information content (AvgIpc) is 3.29. The molecule has 1 aliphatic rings. The van der Waals surface area contributed by atoms with E-state index in [1.807, 2.05) is 36.4 Å². The van der Waals surface area contributed by atoms with Crippen molar-refractivity contribution >= 4 is 17.3 Å². The largest absolute Gasteiger partial charge is 0.340 e. The topological polar surface area (TPSA) is 55.1 Å². The van der Waals surface area contributed by atoms with E-state index < -0.39 is 0 Å². The third kappa shape index (κ3) is 2.50. The Labute approximate surface area is 149 Å². The molecule has 2 heterocycles. The van der Waals surface area contributed by atoms with Gasteiger partial charge in [0.25, 0.3) is 5.78 Å². The molecule has 4 aromatic rings. The summed E-state index contributed by atoms with van der Waals surface area (Å²) in [6, 6.07) is 16.3. The van der Waals surface area contributed by atoms with Crippen LogP contribution < -0.4 is 5.32 Å². The number of halogens is 1. The molecule has 0 bridgehead atoms. The summed E-state index contributed by atoms with van der Waals surface area (Å²) in [5.74, 6) is 1.73. The van der Waals surface area contributed by atoms with Gasteiger partial charge in [0.05, 0.1) is 5.69 Å². The van der Waals surface area contributed by atoms with Crippen LogP contribution in [0.15, 0.2) is 54.6 Å². The van der Waals surface area contributed by atoms with Crippen molar-refractivity contribution in [1.82, 2.24) is 19.6 Å². The summed E-state index contributed by atoms with van der Waals surface area (Å²) in [6.45, 7) is 0. The highest BCUT2D eigenvalue weighted by molar-refractivity contribution is 5.65. The quantitative estimate of drug-likeness (QED) is 0.606. The number of anilines is 2. The van der Waals surface area contributed by atoms with Crippen LogP contribution in [-0.2, 0) is 12.8 Å². The lowest BCUT2D eigenvalue weighted by atomic mass is 10.2. The lowest BCUT2D eigenvalue weighted by Crippen LogP contribution is -2.07. The van der Waals surface area contributed by atoms with Crippen LogP contribution in [0.2, 0.25) is 0 Å². The minimum atomic E-state index is -0.277. The number of fused-ring (bicyclic) bond motifs is 2. The molecule has 26 heavy (non-hydrogen) atoms. The Balaban J connectivity index is 1.68. The number of rotatable bonds is 3. The third-order valence-corrected chi connectivity index (χ3v) is 4.63. The summed E-state index contributed by atoms with van der Waals surface area (Å²) >= 11 is 0. The van der Waals surface area contributed by atoms with Crippen LogP contribution >= 0.6 is 0 Å². The predicted octanol–water partition coefficient (Wildman–Crippen LogP) is 4.16. The molecule has 0 unspecified atom stereocenters. The van der Waals surface area contributed by atoms with E-state index in [-0.39, 0.29) is 5.82 Å². The van der Waals surface area contributed by atoms with Gasteiger partial charge in [-0.1, -0.05) is 36.4 Å². The number of nitrogens with zero attached hydrogens (tertiary/aromatic N) is 4. The molecule has 0 saturated carbocycles. The second-order valence-electron chi connectivity index (χ2n) is 6.39. The molecular weight excluding hydrogens is 329 g/mol. The Morgan fingerprint density at radius 1 is 0.962 bits per heavy atom. The average molecular weight is 345 g/mol. The molecule has 5 rings (SSSR count). The number of aromatic nitrogens is 4. The van der Waals surface area contributed by atoms with Crippen molar-refractivity contribution in [2.45, 2.75) is 19.3 Å². The predicted molar refractivity (Wildman–Crippen MR) is 97.9 cm³/mol. The van der Waals surface area contributed by atoms with Crippen molar-refractivity contribution < 1.29 is 4.39 Å². The van der Waals surface area contributed by atoms with Crippen molar-refractivity contribution in [3.63, 3.8) is 0 Å². The molecule has 0 fully saturated rings. The molecule has 0 aliphatic heterocycles. The van der Waals surface area contributed by atoms with Crippen LogP contribution in [0.5, 0.6) is 0 Å². The first-order valence-electron chi connectivity index (χ1n) is 8.64. The molecule has 0 atom stereocenters. The third-order valence-electron chi connectivity index (χ3n) is 4.63. The summed E-state index contributed by atoms with van der Waals surface area (Å²) < 4.78 is 15.3. The second-order valence-corrected chi connectivity index (χ2v) is 6.39. The van der Waals surface area contributed by atoms with Crippen LogP contribution in [0.4, 0.5) is 15.9 Å². The number of hydrogen-bond donors (Lipinski definition) is 1. The van der Waals surface area contributed by atoms with Gasteiger partial charge < -0.3 is 5.32 Å². The van der Waals surface area contributed by atoms with E-state index in [2.05, 4.69) is 15.4 Å². The summed E-state index contributed by atoms with van der Waals surface area (Å²) in [4.78, 5) is 9.30. The van der Waals surface area contributed by atoms with Crippen molar-refractivity contribution in [2.24, 2.45) is 0 Å². The zero-order chi connectivity index (χ0) is 17.5. The van der Waals surface area contributed by atoms with E-state index in [1.54, 1.807) is 10.6 Å². The summed E-state index contributed by atoms with van der Waals surface area (Å²) in [7, 11) is 0. The van der Waals surface area contributed by atoms with Crippen LogP contribution in [0, 0.1) is 5.82 Å². The maximum Gasteiger partial charge on any atom is 0.254 e. The maximum absolute atomic E-state index is 13.6. The van der Waals surface area contributed by atoms with Gasteiger partial charge in [-0.05, 0) is 37.5 Å². The molecule has 2 aromatic carbocycles. The Morgan fingerprint density at radius 3 is 2.69 bits per heavy atom. The maximum atomic E-state index is 13.6. The Morgan fingerprint density at radius 2 is 1.85 bits per heavy atom. The van der Waals surface area contributed by atoms with Gasteiger partial charge in [0.2, 0.25) is 0 Å². The normalized spacial score (nSPS) is 13.1. The first-order chi connectivity index (χ1) is 12.8. The molecular formula is C20H16FN5. The zero-order valence-corrected chi connectivity index (χ0v) is 14.0. The molecule has 0 radical (unpaired) electrons. The van der Waals surface area contributed by atoms with E-state index in [4.69, 9.17) is 4.98 Å².